The van der Waals surface area contributed by atoms with Crippen LogP contribution in [-0.4, -0.2) is 6.61 Å². The largest absolute Gasteiger partial charge is 0.493 e. The molecular formula is C20H24O2. The lowest BCUT2D eigenvalue weighted by molar-refractivity contribution is 0.338. The molecule has 0 amide bonds. The zero-order valence-corrected chi connectivity index (χ0v) is 14.0. The van der Waals surface area contributed by atoms with E-state index in [9.17, 15) is 0 Å². The minimum atomic E-state index is 0.673. The van der Waals surface area contributed by atoms with Gasteiger partial charge in [-0.25, -0.2) is 0 Å². The third kappa shape index (κ3) is 2.37. The Bertz CT molecular complexity index is 812. The lowest BCUT2D eigenvalue weighted by atomic mass is 10.00. The standard InChI is InChI=1S/C20H24O2/c1-5-7-8-15-9-10-16-17-11-12-18(21-6-2)14(4)20(17)22-19(16)13(15)3/h9-12H,5-8H2,1-4H3. The van der Waals surface area contributed by atoms with Gasteiger partial charge in [-0.2, -0.15) is 0 Å². The summed E-state index contributed by atoms with van der Waals surface area (Å²) >= 11 is 0. The molecule has 1 aromatic heterocycles. The van der Waals surface area contributed by atoms with Gasteiger partial charge in [-0.1, -0.05) is 25.5 Å². The van der Waals surface area contributed by atoms with E-state index in [1.54, 1.807) is 0 Å². The molecule has 116 valence electrons. The molecule has 2 heteroatoms. The van der Waals surface area contributed by atoms with Gasteiger partial charge in [0.15, 0.2) is 0 Å². The fourth-order valence-corrected chi connectivity index (χ4v) is 3.15. The van der Waals surface area contributed by atoms with E-state index in [1.807, 2.05) is 6.92 Å². The highest BCUT2D eigenvalue weighted by atomic mass is 16.5. The summed E-state index contributed by atoms with van der Waals surface area (Å²) in [6, 6.07) is 8.63. The predicted octanol–water partition coefficient (Wildman–Crippen LogP) is 5.94. The smallest absolute Gasteiger partial charge is 0.142 e. The highest BCUT2D eigenvalue weighted by Gasteiger charge is 2.15. The average Bonchev–Trinajstić information content (AvgIpc) is 2.90. The van der Waals surface area contributed by atoms with Crippen LogP contribution in [-0.2, 0) is 6.42 Å². The minimum absolute atomic E-state index is 0.673. The van der Waals surface area contributed by atoms with Crippen LogP contribution in [0, 0.1) is 13.8 Å². The highest BCUT2D eigenvalue weighted by Crippen LogP contribution is 2.37. The molecule has 0 bridgehead atoms. The van der Waals surface area contributed by atoms with Gasteiger partial charge in [-0.3, -0.25) is 0 Å². The molecule has 0 N–H and O–H groups in total. The Balaban J connectivity index is 2.20. The second-order valence-electron chi connectivity index (χ2n) is 5.93. The van der Waals surface area contributed by atoms with E-state index in [1.165, 1.54) is 34.7 Å². The summed E-state index contributed by atoms with van der Waals surface area (Å²) in [5.74, 6) is 0.915. The molecule has 0 saturated heterocycles. The summed E-state index contributed by atoms with van der Waals surface area (Å²) in [4.78, 5) is 0. The second-order valence-corrected chi connectivity index (χ2v) is 5.93. The number of hydrogen-bond acceptors (Lipinski definition) is 2. The van der Waals surface area contributed by atoms with E-state index >= 15 is 0 Å². The van der Waals surface area contributed by atoms with Crippen molar-refractivity contribution in [3.05, 3.63) is 41.0 Å². The van der Waals surface area contributed by atoms with Crippen LogP contribution in [0.15, 0.2) is 28.7 Å². The maximum absolute atomic E-state index is 6.24. The summed E-state index contributed by atoms with van der Waals surface area (Å²) in [5, 5.41) is 2.39. The number of ether oxygens (including phenoxy) is 1. The quantitative estimate of drug-likeness (QED) is 0.581. The Labute approximate surface area is 132 Å². The van der Waals surface area contributed by atoms with E-state index in [0.29, 0.717) is 6.61 Å². The van der Waals surface area contributed by atoms with E-state index in [-0.39, 0.29) is 0 Å². The Morgan fingerprint density at radius 1 is 0.909 bits per heavy atom. The number of benzene rings is 2. The zero-order chi connectivity index (χ0) is 15.7. The Morgan fingerprint density at radius 2 is 1.59 bits per heavy atom. The fourth-order valence-electron chi connectivity index (χ4n) is 3.15. The lowest BCUT2D eigenvalue weighted by Gasteiger charge is -2.06. The number of fused-ring (bicyclic) bond motifs is 3. The maximum atomic E-state index is 6.24. The van der Waals surface area contributed by atoms with Crippen LogP contribution in [0.3, 0.4) is 0 Å². The van der Waals surface area contributed by atoms with Crippen molar-refractivity contribution in [3.63, 3.8) is 0 Å². The molecule has 3 aromatic rings. The summed E-state index contributed by atoms with van der Waals surface area (Å²) in [6.07, 6.45) is 3.56. The van der Waals surface area contributed by atoms with Crippen LogP contribution in [0.5, 0.6) is 5.75 Å². The van der Waals surface area contributed by atoms with Crippen molar-refractivity contribution in [2.24, 2.45) is 0 Å². The van der Waals surface area contributed by atoms with Gasteiger partial charge in [0.25, 0.3) is 0 Å². The Kier molecular flexibility index (Phi) is 4.10. The number of aryl methyl sites for hydroxylation is 3. The predicted molar refractivity (Wildman–Crippen MR) is 93.0 cm³/mol. The number of rotatable bonds is 5. The SMILES string of the molecule is CCCCc1ccc2c(oc3c(C)c(OCC)ccc32)c1C. The third-order valence-electron chi connectivity index (χ3n) is 4.47. The van der Waals surface area contributed by atoms with E-state index < -0.39 is 0 Å². The van der Waals surface area contributed by atoms with Gasteiger partial charge >= 0.3 is 0 Å². The Hall–Kier alpha value is -1.96. The molecule has 0 saturated carbocycles. The first kappa shape index (κ1) is 15.0. The van der Waals surface area contributed by atoms with Crippen molar-refractivity contribution >= 4 is 21.9 Å². The van der Waals surface area contributed by atoms with Gasteiger partial charge in [-0.05, 0) is 56.9 Å². The minimum Gasteiger partial charge on any atom is -0.493 e. The molecule has 0 atom stereocenters. The average molecular weight is 296 g/mol. The van der Waals surface area contributed by atoms with E-state index in [4.69, 9.17) is 9.15 Å². The van der Waals surface area contributed by atoms with E-state index in [0.717, 1.165) is 28.9 Å². The van der Waals surface area contributed by atoms with Crippen LogP contribution < -0.4 is 4.74 Å². The van der Waals surface area contributed by atoms with Crippen molar-refractivity contribution < 1.29 is 9.15 Å². The van der Waals surface area contributed by atoms with Crippen molar-refractivity contribution in [2.45, 2.75) is 47.0 Å². The number of furan rings is 1. The van der Waals surface area contributed by atoms with Crippen LogP contribution in [0.2, 0.25) is 0 Å². The zero-order valence-electron chi connectivity index (χ0n) is 14.0. The molecular weight excluding hydrogens is 272 g/mol. The first-order chi connectivity index (χ1) is 10.7. The molecule has 0 aliphatic rings. The normalized spacial score (nSPS) is 11.5. The van der Waals surface area contributed by atoms with Gasteiger partial charge in [0.1, 0.15) is 16.9 Å². The molecule has 22 heavy (non-hydrogen) atoms. The van der Waals surface area contributed by atoms with Crippen molar-refractivity contribution in [1.82, 2.24) is 0 Å². The number of hydrogen-bond donors (Lipinski definition) is 0. The monoisotopic (exact) mass is 296 g/mol. The van der Waals surface area contributed by atoms with E-state index in [2.05, 4.69) is 45.0 Å². The molecule has 1 heterocycles. The van der Waals surface area contributed by atoms with Crippen molar-refractivity contribution in [2.75, 3.05) is 6.61 Å². The van der Waals surface area contributed by atoms with Crippen LogP contribution in [0.1, 0.15) is 43.4 Å². The molecule has 0 unspecified atom stereocenters. The fraction of sp³-hybridized carbons (Fsp3) is 0.400. The van der Waals surface area contributed by atoms with Gasteiger partial charge in [0, 0.05) is 16.3 Å². The molecule has 0 radical (unpaired) electrons. The van der Waals surface area contributed by atoms with Crippen LogP contribution >= 0.6 is 0 Å². The Morgan fingerprint density at radius 3 is 2.27 bits per heavy atom. The van der Waals surface area contributed by atoms with Gasteiger partial charge in [0.05, 0.1) is 6.61 Å². The molecule has 0 fully saturated rings. The molecule has 2 aromatic carbocycles. The first-order valence-electron chi connectivity index (χ1n) is 8.24. The summed E-state index contributed by atoms with van der Waals surface area (Å²) < 4.78 is 11.9. The lowest BCUT2D eigenvalue weighted by Crippen LogP contribution is -1.93. The molecule has 0 spiro atoms. The summed E-state index contributed by atoms with van der Waals surface area (Å²) in [5.41, 5.74) is 5.75. The topological polar surface area (TPSA) is 22.4 Å². The molecule has 0 aliphatic heterocycles. The van der Waals surface area contributed by atoms with Crippen molar-refractivity contribution in [1.29, 1.82) is 0 Å². The van der Waals surface area contributed by atoms with Crippen LogP contribution in [0.25, 0.3) is 21.9 Å². The number of unbranched alkanes of at least 4 members (excludes halogenated alkanes) is 1. The van der Waals surface area contributed by atoms with Crippen LogP contribution in [0.4, 0.5) is 0 Å². The summed E-state index contributed by atoms with van der Waals surface area (Å²) in [6.45, 7) is 9.16. The van der Waals surface area contributed by atoms with Crippen molar-refractivity contribution in [3.8, 4) is 5.75 Å². The van der Waals surface area contributed by atoms with Gasteiger partial charge in [0.2, 0.25) is 0 Å². The van der Waals surface area contributed by atoms with Gasteiger partial charge in [-0.15, -0.1) is 0 Å². The van der Waals surface area contributed by atoms with Gasteiger partial charge < -0.3 is 9.15 Å². The third-order valence-corrected chi connectivity index (χ3v) is 4.47. The summed E-state index contributed by atoms with van der Waals surface area (Å²) in [7, 11) is 0. The molecule has 0 aliphatic carbocycles. The first-order valence-corrected chi connectivity index (χ1v) is 8.24. The highest BCUT2D eigenvalue weighted by molar-refractivity contribution is 6.07. The second kappa shape index (κ2) is 6.04. The molecule has 2 nitrogen and oxygen atoms in total. The molecule has 3 rings (SSSR count). The maximum Gasteiger partial charge on any atom is 0.142 e.